The van der Waals surface area contributed by atoms with Gasteiger partial charge in [0.15, 0.2) is 0 Å². The molecule has 110 valence electrons. The normalized spacial score (nSPS) is 13.4. The SMILES string of the molecule is COC(=O)CC(O)C(O)c1cc(OC)ccc1C(=O)O. The maximum absolute atomic E-state index is 11.1. The van der Waals surface area contributed by atoms with Crippen LogP contribution >= 0.6 is 0 Å². The fourth-order valence-corrected chi connectivity index (χ4v) is 1.68. The first kappa shape index (κ1) is 15.9. The molecule has 0 saturated heterocycles. The van der Waals surface area contributed by atoms with Crippen molar-refractivity contribution in [1.82, 2.24) is 0 Å². The van der Waals surface area contributed by atoms with E-state index in [-0.39, 0.29) is 11.1 Å². The van der Waals surface area contributed by atoms with E-state index >= 15 is 0 Å². The Morgan fingerprint density at radius 1 is 1.25 bits per heavy atom. The molecule has 0 aliphatic carbocycles. The number of rotatable bonds is 6. The van der Waals surface area contributed by atoms with Gasteiger partial charge in [0, 0.05) is 5.56 Å². The summed E-state index contributed by atoms with van der Waals surface area (Å²) in [6.45, 7) is 0. The minimum Gasteiger partial charge on any atom is -0.497 e. The Balaban J connectivity index is 3.08. The molecule has 0 amide bonds. The van der Waals surface area contributed by atoms with Gasteiger partial charge in [-0.05, 0) is 18.2 Å². The predicted octanol–water partition coefficient (Wildman–Crippen LogP) is 0.351. The molecular weight excluding hydrogens is 268 g/mol. The number of carbonyl (C=O) groups excluding carboxylic acids is 1. The molecule has 0 heterocycles. The molecule has 0 bridgehead atoms. The number of hydrogen-bond acceptors (Lipinski definition) is 6. The maximum atomic E-state index is 11.1. The molecule has 7 nitrogen and oxygen atoms in total. The van der Waals surface area contributed by atoms with Crippen LogP contribution in [0.15, 0.2) is 18.2 Å². The molecule has 1 aromatic rings. The Morgan fingerprint density at radius 3 is 2.40 bits per heavy atom. The number of methoxy groups -OCH3 is 2. The van der Waals surface area contributed by atoms with E-state index < -0.39 is 30.6 Å². The summed E-state index contributed by atoms with van der Waals surface area (Å²) in [7, 11) is 2.53. The van der Waals surface area contributed by atoms with Crippen LogP contribution in [0.1, 0.15) is 28.4 Å². The highest BCUT2D eigenvalue weighted by Crippen LogP contribution is 2.27. The van der Waals surface area contributed by atoms with Gasteiger partial charge in [0.05, 0.1) is 32.3 Å². The van der Waals surface area contributed by atoms with E-state index in [1.807, 2.05) is 0 Å². The number of carbonyl (C=O) groups is 2. The minimum atomic E-state index is -1.55. The van der Waals surface area contributed by atoms with Crippen LogP contribution in [-0.4, -0.2) is 47.6 Å². The lowest BCUT2D eigenvalue weighted by Gasteiger charge is -2.19. The molecule has 0 aromatic heterocycles. The van der Waals surface area contributed by atoms with Gasteiger partial charge in [-0.2, -0.15) is 0 Å². The van der Waals surface area contributed by atoms with Crippen LogP contribution < -0.4 is 4.74 Å². The van der Waals surface area contributed by atoms with Gasteiger partial charge in [0.1, 0.15) is 11.9 Å². The molecule has 7 heteroatoms. The monoisotopic (exact) mass is 284 g/mol. The van der Waals surface area contributed by atoms with Crippen LogP contribution in [0.25, 0.3) is 0 Å². The van der Waals surface area contributed by atoms with Crippen LogP contribution in [0, 0.1) is 0 Å². The second kappa shape index (κ2) is 6.88. The number of ether oxygens (including phenoxy) is 2. The largest absolute Gasteiger partial charge is 0.497 e. The van der Waals surface area contributed by atoms with Gasteiger partial charge in [-0.15, -0.1) is 0 Å². The van der Waals surface area contributed by atoms with E-state index in [1.54, 1.807) is 0 Å². The quantitative estimate of drug-likeness (QED) is 0.646. The van der Waals surface area contributed by atoms with Crippen molar-refractivity contribution in [3.05, 3.63) is 29.3 Å². The summed E-state index contributed by atoms with van der Waals surface area (Å²) in [6.07, 6.45) is -3.48. The molecule has 2 atom stereocenters. The smallest absolute Gasteiger partial charge is 0.336 e. The minimum absolute atomic E-state index is 0.0340. The van der Waals surface area contributed by atoms with E-state index in [9.17, 15) is 19.8 Å². The Morgan fingerprint density at radius 2 is 1.90 bits per heavy atom. The molecule has 0 fully saturated rings. The fraction of sp³-hybridized carbons (Fsp3) is 0.385. The highest BCUT2D eigenvalue weighted by atomic mass is 16.5. The highest BCUT2D eigenvalue weighted by Gasteiger charge is 2.26. The van der Waals surface area contributed by atoms with E-state index in [1.165, 1.54) is 25.3 Å². The van der Waals surface area contributed by atoms with Gasteiger partial charge < -0.3 is 24.8 Å². The summed E-state index contributed by atoms with van der Waals surface area (Å²) in [6, 6.07) is 3.98. The summed E-state index contributed by atoms with van der Waals surface area (Å²) in [5.74, 6) is -1.64. The van der Waals surface area contributed by atoms with Crippen LogP contribution in [-0.2, 0) is 9.53 Å². The molecule has 0 aliphatic heterocycles. The summed E-state index contributed by atoms with van der Waals surface area (Å²) >= 11 is 0. The van der Waals surface area contributed by atoms with Crippen molar-refractivity contribution in [2.24, 2.45) is 0 Å². The molecule has 0 aliphatic rings. The van der Waals surface area contributed by atoms with Crippen molar-refractivity contribution >= 4 is 11.9 Å². The first-order valence-corrected chi connectivity index (χ1v) is 5.74. The van der Waals surface area contributed by atoms with Crippen molar-refractivity contribution < 1.29 is 34.4 Å². The number of carboxylic acid groups (broad SMARTS) is 1. The molecule has 1 rings (SSSR count). The Kier molecular flexibility index (Phi) is 5.48. The molecule has 1 aromatic carbocycles. The Labute approximate surface area is 115 Å². The summed E-state index contributed by atoms with van der Waals surface area (Å²) in [5, 5.41) is 28.8. The van der Waals surface area contributed by atoms with Gasteiger partial charge in [-0.25, -0.2) is 4.79 Å². The summed E-state index contributed by atoms with van der Waals surface area (Å²) in [5.41, 5.74) is -0.213. The van der Waals surface area contributed by atoms with E-state index in [0.29, 0.717) is 5.75 Å². The molecule has 0 saturated carbocycles. The second-order valence-corrected chi connectivity index (χ2v) is 4.05. The third kappa shape index (κ3) is 3.69. The third-order valence-corrected chi connectivity index (χ3v) is 2.78. The number of esters is 1. The lowest BCUT2D eigenvalue weighted by atomic mass is 9.96. The van der Waals surface area contributed by atoms with Crippen molar-refractivity contribution in [3.63, 3.8) is 0 Å². The van der Waals surface area contributed by atoms with E-state index in [0.717, 1.165) is 7.11 Å². The average molecular weight is 284 g/mol. The second-order valence-electron chi connectivity index (χ2n) is 4.05. The topological polar surface area (TPSA) is 113 Å². The van der Waals surface area contributed by atoms with Gasteiger partial charge in [0.25, 0.3) is 0 Å². The first-order valence-electron chi connectivity index (χ1n) is 5.74. The lowest BCUT2D eigenvalue weighted by molar-refractivity contribution is -0.144. The zero-order valence-electron chi connectivity index (χ0n) is 11.1. The van der Waals surface area contributed by atoms with Gasteiger partial charge in [-0.3, -0.25) is 4.79 Å². The number of aliphatic hydroxyl groups is 2. The zero-order chi connectivity index (χ0) is 15.3. The molecule has 2 unspecified atom stereocenters. The number of benzene rings is 1. The number of aromatic carboxylic acids is 1. The number of aliphatic hydroxyl groups excluding tert-OH is 2. The molecular formula is C13H16O7. The zero-order valence-corrected chi connectivity index (χ0v) is 11.1. The van der Waals surface area contributed by atoms with Gasteiger partial charge in [-0.1, -0.05) is 0 Å². The standard InChI is InChI=1S/C13H16O7/c1-19-7-3-4-8(13(17)18)9(5-7)12(16)10(14)6-11(15)20-2/h3-5,10,12,14,16H,6H2,1-2H3,(H,17,18). The van der Waals surface area contributed by atoms with Crippen LogP contribution in [0.2, 0.25) is 0 Å². The highest BCUT2D eigenvalue weighted by molar-refractivity contribution is 5.89. The summed E-state index contributed by atoms with van der Waals surface area (Å²) in [4.78, 5) is 22.2. The van der Waals surface area contributed by atoms with Crippen molar-refractivity contribution in [1.29, 1.82) is 0 Å². The molecule has 0 radical (unpaired) electrons. The van der Waals surface area contributed by atoms with Gasteiger partial charge >= 0.3 is 11.9 Å². The van der Waals surface area contributed by atoms with Crippen LogP contribution in [0.5, 0.6) is 5.75 Å². The predicted molar refractivity (Wildman–Crippen MR) is 67.6 cm³/mol. The van der Waals surface area contributed by atoms with E-state index in [2.05, 4.69) is 4.74 Å². The molecule has 0 spiro atoms. The fourth-order valence-electron chi connectivity index (χ4n) is 1.68. The van der Waals surface area contributed by atoms with Crippen molar-refractivity contribution in [2.45, 2.75) is 18.6 Å². The van der Waals surface area contributed by atoms with Crippen molar-refractivity contribution in [2.75, 3.05) is 14.2 Å². The lowest BCUT2D eigenvalue weighted by Crippen LogP contribution is -2.24. The molecule has 20 heavy (non-hydrogen) atoms. The average Bonchev–Trinajstić information content (AvgIpc) is 2.45. The summed E-state index contributed by atoms with van der Waals surface area (Å²) < 4.78 is 9.32. The van der Waals surface area contributed by atoms with Crippen LogP contribution in [0.4, 0.5) is 0 Å². The Hall–Kier alpha value is -2.12. The molecule has 3 N–H and O–H groups in total. The van der Waals surface area contributed by atoms with Crippen LogP contribution in [0.3, 0.4) is 0 Å². The Bertz CT molecular complexity index is 497. The maximum Gasteiger partial charge on any atom is 0.336 e. The number of hydrogen-bond donors (Lipinski definition) is 3. The van der Waals surface area contributed by atoms with E-state index in [4.69, 9.17) is 9.84 Å². The third-order valence-electron chi connectivity index (χ3n) is 2.78. The van der Waals surface area contributed by atoms with Gasteiger partial charge in [0.2, 0.25) is 0 Å². The number of carboxylic acids is 1. The first-order chi connectivity index (χ1) is 9.40. The van der Waals surface area contributed by atoms with Crippen molar-refractivity contribution in [3.8, 4) is 5.75 Å².